The molecular formula is C25H29N5O4. The molecule has 3 aromatic rings. The number of aliphatic hydroxyl groups is 1. The van der Waals surface area contributed by atoms with E-state index in [0.717, 1.165) is 24.0 Å². The quantitative estimate of drug-likeness (QED) is 0.330. The minimum atomic E-state index is -0.798. The second kappa shape index (κ2) is 10.8. The molecule has 1 fully saturated rings. The number of nitrogen functional groups attached to an aromatic ring is 1. The van der Waals surface area contributed by atoms with Gasteiger partial charge in [-0.1, -0.05) is 30.3 Å². The average molecular weight is 464 g/mol. The zero-order valence-electron chi connectivity index (χ0n) is 19.1. The third-order valence-corrected chi connectivity index (χ3v) is 5.74. The molecule has 1 saturated carbocycles. The number of hydrogen-bond donors (Lipinski definition) is 3. The maximum atomic E-state index is 12.5. The summed E-state index contributed by atoms with van der Waals surface area (Å²) in [6.07, 6.45) is 5.34. The van der Waals surface area contributed by atoms with Crippen LogP contribution in [0.1, 0.15) is 53.4 Å². The number of nitrogens with one attached hydrogen (secondary N) is 1. The Morgan fingerprint density at radius 1 is 1.24 bits per heavy atom. The van der Waals surface area contributed by atoms with Crippen LogP contribution < -0.4 is 20.6 Å². The Morgan fingerprint density at radius 3 is 2.74 bits per heavy atom. The molecule has 9 heteroatoms. The highest BCUT2D eigenvalue weighted by Crippen LogP contribution is 2.32. The first-order chi connectivity index (χ1) is 16.5. The van der Waals surface area contributed by atoms with Crippen LogP contribution in [0.15, 0.2) is 59.7 Å². The minimum Gasteiger partial charge on any atom is -0.493 e. The fourth-order valence-corrected chi connectivity index (χ4v) is 3.91. The number of methoxy groups -OCH3 is 1. The zero-order chi connectivity index (χ0) is 23.9. The lowest BCUT2D eigenvalue weighted by Crippen LogP contribution is -2.19. The van der Waals surface area contributed by atoms with E-state index in [-0.39, 0.29) is 24.2 Å². The van der Waals surface area contributed by atoms with Gasteiger partial charge in [0.25, 0.3) is 5.91 Å². The fourth-order valence-electron chi connectivity index (χ4n) is 3.91. The summed E-state index contributed by atoms with van der Waals surface area (Å²) >= 11 is 0. The summed E-state index contributed by atoms with van der Waals surface area (Å²) in [5.41, 5.74) is 10.0. The van der Waals surface area contributed by atoms with Crippen LogP contribution in [0, 0.1) is 0 Å². The number of carbonyl (C=O) groups excluding carboxylic acids is 1. The monoisotopic (exact) mass is 463 g/mol. The van der Waals surface area contributed by atoms with Gasteiger partial charge in [-0.3, -0.25) is 4.79 Å². The standard InChI is InChI=1S/C25H29N5O4/c1-33-22-12-11-17(13-23(22)34-19-9-5-6-10-19)15-27-28-25(32)20-14-24(26)30(29-20)16-21(31)18-7-3-2-4-8-18/h2-4,7-8,11-15,19,21,31H,5-6,9-10,16,26H2,1H3,(H,28,32)/b27-15+. The van der Waals surface area contributed by atoms with E-state index < -0.39 is 12.0 Å². The highest BCUT2D eigenvalue weighted by Gasteiger charge is 2.19. The first-order valence-electron chi connectivity index (χ1n) is 11.3. The van der Waals surface area contributed by atoms with Crippen LogP contribution >= 0.6 is 0 Å². The van der Waals surface area contributed by atoms with Crippen molar-refractivity contribution < 1.29 is 19.4 Å². The van der Waals surface area contributed by atoms with Crippen molar-refractivity contribution in [2.45, 2.75) is 44.4 Å². The van der Waals surface area contributed by atoms with Gasteiger partial charge in [-0.25, -0.2) is 10.1 Å². The van der Waals surface area contributed by atoms with Gasteiger partial charge >= 0.3 is 0 Å². The van der Waals surface area contributed by atoms with Gasteiger partial charge in [0.2, 0.25) is 0 Å². The molecule has 4 N–H and O–H groups in total. The highest BCUT2D eigenvalue weighted by molar-refractivity contribution is 5.93. The SMILES string of the molecule is COc1ccc(/C=N/NC(=O)c2cc(N)n(CC(O)c3ccccc3)n2)cc1OC1CCCC1. The highest BCUT2D eigenvalue weighted by atomic mass is 16.5. The number of nitrogens with two attached hydrogens (primary N) is 1. The van der Waals surface area contributed by atoms with E-state index in [1.807, 2.05) is 48.5 Å². The van der Waals surface area contributed by atoms with Crippen LogP contribution in [-0.4, -0.2) is 40.2 Å². The van der Waals surface area contributed by atoms with Crippen LogP contribution in [0.3, 0.4) is 0 Å². The van der Waals surface area contributed by atoms with Gasteiger partial charge in [-0.2, -0.15) is 10.2 Å². The molecule has 0 radical (unpaired) electrons. The number of aromatic nitrogens is 2. The van der Waals surface area contributed by atoms with Gasteiger partial charge in [-0.05, 0) is 55.0 Å². The molecule has 1 unspecified atom stereocenters. The molecule has 178 valence electrons. The Morgan fingerprint density at radius 2 is 2.00 bits per heavy atom. The lowest BCUT2D eigenvalue weighted by Gasteiger charge is -2.16. The summed E-state index contributed by atoms with van der Waals surface area (Å²) < 4.78 is 12.9. The Kier molecular flexibility index (Phi) is 7.44. The molecule has 1 aliphatic rings. The van der Waals surface area contributed by atoms with Gasteiger partial charge in [0, 0.05) is 6.07 Å². The second-order valence-electron chi connectivity index (χ2n) is 8.20. The lowest BCUT2D eigenvalue weighted by atomic mass is 10.1. The molecule has 1 aliphatic carbocycles. The van der Waals surface area contributed by atoms with E-state index in [9.17, 15) is 9.90 Å². The number of benzene rings is 2. The topological polar surface area (TPSA) is 124 Å². The van der Waals surface area contributed by atoms with Gasteiger partial charge < -0.3 is 20.3 Å². The van der Waals surface area contributed by atoms with E-state index in [1.165, 1.54) is 29.8 Å². The van der Waals surface area contributed by atoms with Crippen molar-refractivity contribution in [3.63, 3.8) is 0 Å². The molecular weight excluding hydrogens is 434 g/mol. The number of rotatable bonds is 9. The molecule has 1 atom stereocenters. The molecule has 0 bridgehead atoms. The number of hydrogen-bond acceptors (Lipinski definition) is 7. The molecule has 0 saturated heterocycles. The first kappa shape index (κ1) is 23.3. The normalized spacial score (nSPS) is 14.9. The van der Waals surface area contributed by atoms with E-state index in [4.69, 9.17) is 15.2 Å². The second-order valence-corrected chi connectivity index (χ2v) is 8.20. The third kappa shape index (κ3) is 5.74. The molecule has 1 aromatic heterocycles. The molecule has 2 aromatic carbocycles. The van der Waals surface area contributed by atoms with Gasteiger partial charge in [0.1, 0.15) is 5.82 Å². The average Bonchev–Trinajstić information content (AvgIpc) is 3.49. The number of hydrazone groups is 1. The third-order valence-electron chi connectivity index (χ3n) is 5.74. The van der Waals surface area contributed by atoms with Crippen molar-refractivity contribution in [3.8, 4) is 11.5 Å². The van der Waals surface area contributed by atoms with E-state index in [0.29, 0.717) is 11.5 Å². The molecule has 34 heavy (non-hydrogen) atoms. The van der Waals surface area contributed by atoms with Gasteiger partial charge in [0.05, 0.1) is 32.1 Å². The van der Waals surface area contributed by atoms with E-state index >= 15 is 0 Å². The maximum absolute atomic E-state index is 12.5. The van der Waals surface area contributed by atoms with Crippen molar-refractivity contribution in [1.29, 1.82) is 0 Å². The lowest BCUT2D eigenvalue weighted by molar-refractivity contribution is 0.0947. The summed E-state index contributed by atoms with van der Waals surface area (Å²) in [5.74, 6) is 1.08. The number of anilines is 1. The number of nitrogens with zero attached hydrogens (tertiary/aromatic N) is 3. The van der Waals surface area contributed by atoms with Gasteiger partial charge in [0.15, 0.2) is 17.2 Å². The van der Waals surface area contributed by atoms with Crippen molar-refractivity contribution in [2.75, 3.05) is 12.8 Å². The number of amides is 1. The Balaban J connectivity index is 1.38. The van der Waals surface area contributed by atoms with Crippen molar-refractivity contribution in [1.82, 2.24) is 15.2 Å². The largest absolute Gasteiger partial charge is 0.493 e. The Bertz CT molecular complexity index is 1140. The van der Waals surface area contributed by atoms with Crippen molar-refractivity contribution >= 4 is 17.9 Å². The van der Waals surface area contributed by atoms with Crippen molar-refractivity contribution in [2.24, 2.45) is 5.10 Å². The molecule has 1 heterocycles. The summed E-state index contributed by atoms with van der Waals surface area (Å²) in [5, 5.41) is 18.6. The zero-order valence-corrected chi connectivity index (χ0v) is 19.1. The number of aliphatic hydroxyl groups excluding tert-OH is 1. The number of carbonyl (C=O) groups is 1. The molecule has 9 nitrogen and oxygen atoms in total. The number of ether oxygens (including phenoxy) is 2. The maximum Gasteiger partial charge on any atom is 0.291 e. The summed E-state index contributed by atoms with van der Waals surface area (Å²) in [4.78, 5) is 12.5. The predicted octanol–water partition coefficient (Wildman–Crippen LogP) is 3.29. The summed E-state index contributed by atoms with van der Waals surface area (Å²) in [6, 6.07) is 16.1. The summed E-state index contributed by atoms with van der Waals surface area (Å²) in [6.45, 7) is 0.127. The fraction of sp³-hybridized carbons (Fsp3) is 0.320. The van der Waals surface area contributed by atoms with E-state index in [1.54, 1.807) is 7.11 Å². The van der Waals surface area contributed by atoms with Crippen LogP contribution in [-0.2, 0) is 6.54 Å². The Hall–Kier alpha value is -3.85. The molecule has 1 amide bonds. The van der Waals surface area contributed by atoms with Gasteiger partial charge in [-0.15, -0.1) is 0 Å². The van der Waals surface area contributed by atoms with Crippen LogP contribution in [0.4, 0.5) is 5.82 Å². The van der Waals surface area contributed by atoms with Crippen LogP contribution in [0.5, 0.6) is 11.5 Å². The predicted molar refractivity (Wildman–Crippen MR) is 129 cm³/mol. The first-order valence-corrected chi connectivity index (χ1v) is 11.3. The minimum absolute atomic E-state index is 0.106. The molecule has 4 rings (SSSR count). The van der Waals surface area contributed by atoms with Crippen LogP contribution in [0.25, 0.3) is 0 Å². The molecule has 0 aliphatic heterocycles. The molecule has 0 spiro atoms. The van der Waals surface area contributed by atoms with Crippen LogP contribution in [0.2, 0.25) is 0 Å². The van der Waals surface area contributed by atoms with E-state index in [2.05, 4.69) is 15.6 Å². The Labute approximate surface area is 198 Å². The van der Waals surface area contributed by atoms with Crippen molar-refractivity contribution in [3.05, 3.63) is 71.4 Å². The smallest absolute Gasteiger partial charge is 0.291 e. The summed E-state index contributed by atoms with van der Waals surface area (Å²) in [7, 11) is 1.61.